The Morgan fingerprint density at radius 3 is 2.18 bits per heavy atom. The van der Waals surface area contributed by atoms with Crippen molar-refractivity contribution in [3.8, 4) is 0 Å². The zero-order valence-corrected chi connectivity index (χ0v) is 17.8. The van der Waals surface area contributed by atoms with Crippen molar-refractivity contribution in [2.75, 3.05) is 18.4 Å². The lowest BCUT2D eigenvalue weighted by Gasteiger charge is -2.11. The first kappa shape index (κ1) is 25.3. The van der Waals surface area contributed by atoms with Gasteiger partial charge in [-0.15, -0.1) is 0 Å². The van der Waals surface area contributed by atoms with Gasteiger partial charge in [0.1, 0.15) is 12.1 Å². The number of aromatic nitrogens is 2. The minimum Gasteiger partial charge on any atom is -0.478 e. The van der Waals surface area contributed by atoms with Crippen LogP contribution in [0.2, 0.25) is 0 Å². The van der Waals surface area contributed by atoms with Gasteiger partial charge in [-0.3, -0.25) is 4.79 Å². The van der Waals surface area contributed by atoms with Crippen LogP contribution >= 0.6 is 0 Å². The summed E-state index contributed by atoms with van der Waals surface area (Å²) in [4.78, 5) is 29.7. The third-order valence-electron chi connectivity index (χ3n) is 3.49. The SMILES string of the molecule is CC(C)/C=C/C(=O)O.CCc1c(C)ncnc1NCCNC(=O)C=CC(C)C. The normalized spacial score (nSPS) is 11.0. The Labute approximate surface area is 168 Å². The Kier molecular flexibility index (Phi) is 13.0. The Morgan fingerprint density at radius 1 is 1.07 bits per heavy atom. The molecule has 1 aromatic heterocycles. The number of hydrogen-bond donors (Lipinski definition) is 3. The number of carbonyl (C=O) groups excluding carboxylic acids is 1. The Hall–Kier alpha value is -2.70. The molecule has 1 rings (SSSR count). The molecule has 28 heavy (non-hydrogen) atoms. The zero-order chi connectivity index (χ0) is 21.5. The van der Waals surface area contributed by atoms with E-state index in [4.69, 9.17) is 5.11 Å². The molecular weight excluding hydrogens is 356 g/mol. The molecule has 0 atom stereocenters. The van der Waals surface area contributed by atoms with E-state index in [1.807, 2.05) is 40.7 Å². The molecule has 0 bridgehead atoms. The van der Waals surface area contributed by atoms with E-state index in [1.54, 1.807) is 18.5 Å². The maximum Gasteiger partial charge on any atom is 0.327 e. The highest BCUT2D eigenvalue weighted by Gasteiger charge is 2.05. The number of anilines is 1. The van der Waals surface area contributed by atoms with Gasteiger partial charge in [-0.05, 0) is 31.3 Å². The molecule has 7 heteroatoms. The van der Waals surface area contributed by atoms with Crippen LogP contribution in [-0.2, 0) is 16.0 Å². The number of aliphatic carboxylic acids is 1. The van der Waals surface area contributed by atoms with E-state index >= 15 is 0 Å². The number of carboxylic acids is 1. The molecule has 0 aliphatic rings. The minimum atomic E-state index is -0.876. The van der Waals surface area contributed by atoms with Gasteiger partial charge in [-0.2, -0.15) is 0 Å². The monoisotopic (exact) mass is 390 g/mol. The number of carboxylic acid groups (broad SMARTS) is 1. The predicted octanol–water partition coefficient (Wildman–Crippen LogP) is 3.37. The molecule has 0 saturated heterocycles. The van der Waals surface area contributed by atoms with Crippen LogP contribution in [0.3, 0.4) is 0 Å². The van der Waals surface area contributed by atoms with E-state index in [-0.39, 0.29) is 5.91 Å². The number of nitrogens with one attached hydrogen (secondary N) is 2. The van der Waals surface area contributed by atoms with Gasteiger partial charge in [0.15, 0.2) is 0 Å². The summed E-state index contributed by atoms with van der Waals surface area (Å²) in [5, 5.41) is 14.1. The summed E-state index contributed by atoms with van der Waals surface area (Å²) in [5.74, 6) is 0.627. The number of allylic oxidation sites excluding steroid dienone is 2. The molecule has 1 amide bonds. The lowest BCUT2D eigenvalue weighted by Crippen LogP contribution is -2.27. The van der Waals surface area contributed by atoms with E-state index < -0.39 is 5.97 Å². The van der Waals surface area contributed by atoms with Crippen LogP contribution in [0, 0.1) is 18.8 Å². The van der Waals surface area contributed by atoms with Crippen molar-refractivity contribution in [1.82, 2.24) is 15.3 Å². The third-order valence-corrected chi connectivity index (χ3v) is 3.49. The standard InChI is InChI=1S/C15H24N4O.C6H10O2/c1-5-13-12(4)18-10-19-15(13)17-9-8-16-14(20)7-6-11(2)3;1-5(2)3-4-6(7)8/h6-7,10-11H,5,8-9H2,1-4H3,(H,16,20)(H,17,18,19);3-5H,1-2H3,(H,7,8)/b;4-3+. The van der Waals surface area contributed by atoms with Crippen molar-refractivity contribution in [1.29, 1.82) is 0 Å². The molecule has 1 heterocycles. The zero-order valence-electron chi connectivity index (χ0n) is 17.8. The first-order valence-corrected chi connectivity index (χ1v) is 9.58. The molecule has 0 aliphatic carbocycles. The molecule has 156 valence electrons. The fraction of sp³-hybridized carbons (Fsp3) is 0.524. The molecule has 0 radical (unpaired) electrons. The van der Waals surface area contributed by atoms with Gasteiger partial charge >= 0.3 is 5.97 Å². The number of rotatable bonds is 9. The van der Waals surface area contributed by atoms with Gasteiger partial charge in [0.2, 0.25) is 5.91 Å². The molecule has 0 saturated carbocycles. The largest absolute Gasteiger partial charge is 0.478 e. The van der Waals surface area contributed by atoms with Crippen LogP contribution in [0.1, 0.15) is 45.9 Å². The number of carbonyl (C=O) groups is 2. The van der Waals surface area contributed by atoms with Crippen LogP contribution in [0.5, 0.6) is 0 Å². The van der Waals surface area contributed by atoms with Crippen LogP contribution in [0.15, 0.2) is 30.6 Å². The van der Waals surface area contributed by atoms with Crippen molar-refractivity contribution < 1.29 is 14.7 Å². The third kappa shape index (κ3) is 12.6. The Bertz CT molecular complexity index is 668. The average molecular weight is 391 g/mol. The van der Waals surface area contributed by atoms with E-state index in [0.717, 1.165) is 29.6 Å². The molecule has 7 nitrogen and oxygen atoms in total. The summed E-state index contributed by atoms with van der Waals surface area (Å²) in [6, 6.07) is 0. The molecule has 1 aromatic rings. The fourth-order valence-corrected chi connectivity index (χ4v) is 2.06. The predicted molar refractivity (Wildman–Crippen MR) is 113 cm³/mol. The van der Waals surface area contributed by atoms with Gasteiger partial charge in [-0.1, -0.05) is 46.8 Å². The van der Waals surface area contributed by atoms with Crippen LogP contribution in [-0.4, -0.2) is 40.0 Å². The number of hydrogen-bond acceptors (Lipinski definition) is 5. The summed E-state index contributed by atoms with van der Waals surface area (Å²) in [6.45, 7) is 13.2. The van der Waals surface area contributed by atoms with Crippen molar-refractivity contribution >= 4 is 17.7 Å². The lowest BCUT2D eigenvalue weighted by atomic mass is 10.2. The van der Waals surface area contributed by atoms with Crippen molar-refractivity contribution in [3.63, 3.8) is 0 Å². The molecular formula is C21H34N4O3. The Morgan fingerprint density at radius 2 is 1.68 bits per heavy atom. The highest BCUT2D eigenvalue weighted by Crippen LogP contribution is 2.14. The molecule has 0 fully saturated rings. The second kappa shape index (κ2) is 14.4. The van der Waals surface area contributed by atoms with E-state index in [0.29, 0.717) is 24.9 Å². The first-order chi connectivity index (χ1) is 13.2. The smallest absolute Gasteiger partial charge is 0.327 e. The van der Waals surface area contributed by atoms with Crippen LogP contribution < -0.4 is 10.6 Å². The fourth-order valence-electron chi connectivity index (χ4n) is 2.06. The van der Waals surface area contributed by atoms with Gasteiger partial charge in [0.05, 0.1) is 0 Å². The maximum atomic E-state index is 11.5. The minimum absolute atomic E-state index is 0.0601. The van der Waals surface area contributed by atoms with Gasteiger partial charge in [0.25, 0.3) is 0 Å². The second-order valence-electron chi connectivity index (χ2n) is 6.90. The van der Waals surface area contributed by atoms with Crippen molar-refractivity contribution in [2.24, 2.45) is 11.8 Å². The lowest BCUT2D eigenvalue weighted by molar-refractivity contribution is -0.131. The van der Waals surface area contributed by atoms with Gasteiger partial charge in [-0.25, -0.2) is 14.8 Å². The molecule has 3 N–H and O–H groups in total. The topological polar surface area (TPSA) is 104 Å². The summed E-state index contributed by atoms with van der Waals surface area (Å²) < 4.78 is 0. The molecule has 0 unspecified atom stereocenters. The van der Waals surface area contributed by atoms with E-state index in [9.17, 15) is 9.59 Å². The summed E-state index contributed by atoms with van der Waals surface area (Å²) >= 11 is 0. The summed E-state index contributed by atoms with van der Waals surface area (Å²) in [7, 11) is 0. The number of amides is 1. The van der Waals surface area contributed by atoms with Crippen LogP contribution in [0.25, 0.3) is 0 Å². The summed E-state index contributed by atoms with van der Waals surface area (Å²) in [6.07, 6.45) is 8.70. The highest BCUT2D eigenvalue weighted by atomic mass is 16.4. The van der Waals surface area contributed by atoms with Crippen molar-refractivity contribution in [3.05, 3.63) is 41.9 Å². The van der Waals surface area contributed by atoms with Gasteiger partial charge in [0, 0.05) is 30.4 Å². The van der Waals surface area contributed by atoms with Gasteiger partial charge < -0.3 is 15.7 Å². The highest BCUT2D eigenvalue weighted by molar-refractivity contribution is 5.87. The Balaban J connectivity index is 0.000000769. The quantitative estimate of drug-likeness (QED) is 0.441. The summed E-state index contributed by atoms with van der Waals surface area (Å²) in [5.41, 5.74) is 2.12. The maximum absolute atomic E-state index is 11.5. The average Bonchev–Trinajstić information content (AvgIpc) is 2.62. The second-order valence-corrected chi connectivity index (χ2v) is 6.90. The van der Waals surface area contributed by atoms with Crippen LogP contribution in [0.4, 0.5) is 5.82 Å². The van der Waals surface area contributed by atoms with E-state index in [1.165, 1.54) is 0 Å². The molecule has 0 aliphatic heterocycles. The number of nitrogens with zero attached hydrogens (tertiary/aromatic N) is 2. The number of aryl methyl sites for hydroxylation is 1. The first-order valence-electron chi connectivity index (χ1n) is 9.58. The van der Waals surface area contributed by atoms with Crippen molar-refractivity contribution in [2.45, 2.75) is 48.0 Å². The molecule has 0 aromatic carbocycles. The molecule has 0 spiro atoms. The van der Waals surface area contributed by atoms with E-state index in [2.05, 4.69) is 27.5 Å².